The van der Waals surface area contributed by atoms with Crippen LogP contribution in [0.1, 0.15) is 66.4 Å². The van der Waals surface area contributed by atoms with Gasteiger partial charge in [0.05, 0.1) is 17.1 Å². The number of benzene rings is 4. The monoisotopic (exact) mass is 897 g/mol. The van der Waals surface area contributed by atoms with Gasteiger partial charge in [0.1, 0.15) is 47.9 Å². The lowest BCUT2D eigenvalue weighted by molar-refractivity contribution is -0.155. The van der Waals surface area contributed by atoms with E-state index in [1.807, 2.05) is 48.7 Å². The number of carbonyl (C=O) groups is 3. The van der Waals surface area contributed by atoms with E-state index in [1.165, 1.54) is 10.5 Å². The molecule has 2 aromatic heterocycles. The molecular weight excluding hydrogens is 843 g/mol. The number of piperazine rings is 1. The van der Waals surface area contributed by atoms with Gasteiger partial charge in [0.2, 0.25) is 5.91 Å². The topological polar surface area (TPSA) is 157 Å². The number of hydrogen-bond acceptors (Lipinski definition) is 12. The highest BCUT2D eigenvalue weighted by molar-refractivity contribution is 7.22. The highest BCUT2D eigenvalue weighted by Crippen LogP contribution is 2.47. The summed E-state index contributed by atoms with van der Waals surface area (Å²) in [5, 5.41) is 11.1. The first kappa shape index (κ1) is 45.1. The number of aryl methyl sites for hydroxylation is 1. The summed E-state index contributed by atoms with van der Waals surface area (Å²) in [7, 11) is 0. The van der Waals surface area contributed by atoms with Gasteiger partial charge in [-0.05, 0) is 100 Å². The van der Waals surface area contributed by atoms with E-state index in [-0.39, 0.29) is 37.6 Å². The first-order valence-corrected chi connectivity index (χ1v) is 22.8. The van der Waals surface area contributed by atoms with Crippen LogP contribution >= 0.6 is 11.3 Å². The fourth-order valence-electron chi connectivity index (χ4n) is 8.08. The predicted molar refractivity (Wildman–Crippen MR) is 250 cm³/mol. The van der Waals surface area contributed by atoms with E-state index < -0.39 is 23.5 Å². The number of fused-ring (bicyclic) bond motifs is 2. The first-order chi connectivity index (χ1) is 31.3. The van der Waals surface area contributed by atoms with E-state index in [0.717, 1.165) is 82.6 Å². The van der Waals surface area contributed by atoms with Crippen molar-refractivity contribution in [3.63, 3.8) is 0 Å². The molecule has 6 aromatic rings. The fourth-order valence-corrected chi connectivity index (χ4v) is 9.25. The largest absolute Gasteiger partial charge is 0.508 e. The van der Waals surface area contributed by atoms with Crippen LogP contribution in [0.4, 0.5) is 0 Å². The molecule has 4 heterocycles. The molecule has 0 spiro atoms. The number of esters is 1. The number of rotatable bonds is 17. The molecule has 3 N–H and O–H groups in total. The molecule has 1 fully saturated rings. The van der Waals surface area contributed by atoms with Crippen molar-refractivity contribution in [1.82, 2.24) is 19.7 Å². The number of hydrogen-bond donors (Lipinski definition) is 2. The van der Waals surface area contributed by atoms with Gasteiger partial charge in [-0.1, -0.05) is 42.0 Å². The van der Waals surface area contributed by atoms with E-state index in [0.29, 0.717) is 29.2 Å². The summed E-state index contributed by atoms with van der Waals surface area (Å²) in [6.07, 6.45) is 1.85. The van der Waals surface area contributed by atoms with E-state index in [4.69, 9.17) is 29.7 Å². The Bertz CT molecular complexity index is 2640. The number of amides is 2. The number of ether oxygens (including phenoxy) is 4. The van der Waals surface area contributed by atoms with Crippen LogP contribution in [0.5, 0.6) is 28.7 Å². The quantitative estimate of drug-likeness (QED) is 0.0847. The predicted octanol–water partition coefficient (Wildman–Crippen LogP) is 8.48. The Kier molecular flexibility index (Phi) is 13.7. The molecule has 0 aliphatic carbocycles. The molecule has 0 radical (unpaired) electrons. The number of phenols is 1. The Hall–Kier alpha value is -6.48. The zero-order valence-corrected chi connectivity index (χ0v) is 38.1. The van der Waals surface area contributed by atoms with Gasteiger partial charge in [-0.2, -0.15) is 0 Å². The highest BCUT2D eigenvalue weighted by Gasteiger charge is 2.37. The van der Waals surface area contributed by atoms with Gasteiger partial charge in [0, 0.05) is 78.7 Å². The maximum absolute atomic E-state index is 13.4. The van der Waals surface area contributed by atoms with Crippen molar-refractivity contribution < 1.29 is 38.4 Å². The number of thiophene rings is 1. The number of nitrogens with two attached hydrogens (primary N) is 1. The number of primary amides is 1. The van der Waals surface area contributed by atoms with Gasteiger partial charge < -0.3 is 34.7 Å². The summed E-state index contributed by atoms with van der Waals surface area (Å²) in [6.45, 7) is 13.6. The van der Waals surface area contributed by atoms with Crippen molar-refractivity contribution in [3.05, 3.63) is 131 Å². The Labute approximate surface area is 383 Å². The van der Waals surface area contributed by atoms with Gasteiger partial charge in [-0.3, -0.25) is 29.2 Å². The average Bonchev–Trinajstić information content (AvgIpc) is 3.80. The number of aromatic hydroxyl groups is 1. The Morgan fingerprint density at radius 1 is 0.892 bits per heavy atom. The highest BCUT2D eigenvalue weighted by atomic mass is 32.1. The first-order valence-electron chi connectivity index (χ1n) is 21.9. The van der Waals surface area contributed by atoms with Crippen molar-refractivity contribution in [2.45, 2.75) is 71.9 Å². The molecule has 1 atom stereocenters. The van der Waals surface area contributed by atoms with Crippen molar-refractivity contribution in [1.29, 1.82) is 0 Å². The van der Waals surface area contributed by atoms with Gasteiger partial charge in [0.15, 0.2) is 5.75 Å². The molecule has 65 heavy (non-hydrogen) atoms. The van der Waals surface area contributed by atoms with Crippen LogP contribution < -0.4 is 19.9 Å². The number of carbonyl (C=O) groups excluding carboxylic acids is 3. The number of aromatic nitrogens is 1. The molecule has 13 nitrogen and oxygen atoms in total. The average molecular weight is 898 g/mol. The van der Waals surface area contributed by atoms with Crippen LogP contribution in [-0.4, -0.2) is 93.5 Å². The van der Waals surface area contributed by atoms with Gasteiger partial charge in [0.25, 0.3) is 5.91 Å². The van der Waals surface area contributed by atoms with E-state index in [2.05, 4.69) is 41.0 Å². The van der Waals surface area contributed by atoms with Crippen molar-refractivity contribution >= 4 is 39.2 Å². The molecule has 338 valence electrons. The number of phenolic OH excluding ortho intramolecular Hbond substituents is 1. The Morgan fingerprint density at radius 2 is 1.63 bits per heavy atom. The standard InChI is InChI=1S/C51H55N5O8S/c1-33-8-11-35(12-9-33)48-47(41-19-14-37(57)28-45(41)65-48)63-39-17-15-38(16-18-39)61-27-26-54-22-24-55(25-23-54)30-36-13-10-34(29-53-36)32-62-44-7-5-6-40-42(44)31-56(50(40)60)43(49(52)59)20-21-46(58)64-51(2,3)4/h5-19,28-29,43,57H,20-27,30-32H2,1-4H3,(H2,52,59)/t43-/m0/s1. The lowest BCUT2D eigenvalue weighted by atomic mass is 10.1. The molecule has 2 aliphatic rings. The maximum Gasteiger partial charge on any atom is 0.306 e. The third-order valence-electron chi connectivity index (χ3n) is 11.5. The van der Waals surface area contributed by atoms with Crippen LogP contribution in [0.15, 0.2) is 103 Å². The molecule has 14 heteroatoms. The van der Waals surface area contributed by atoms with Crippen LogP contribution in [-0.2, 0) is 34.0 Å². The summed E-state index contributed by atoms with van der Waals surface area (Å²) < 4.78 is 25.2. The molecular formula is C51H55N5O8S. The molecule has 2 amide bonds. The summed E-state index contributed by atoms with van der Waals surface area (Å²) in [6, 6.07) is 29.8. The minimum Gasteiger partial charge on any atom is -0.508 e. The molecule has 0 bridgehead atoms. The number of pyridine rings is 1. The third-order valence-corrected chi connectivity index (χ3v) is 12.7. The Balaban J connectivity index is 0.769. The minimum absolute atomic E-state index is 0.0425. The summed E-state index contributed by atoms with van der Waals surface area (Å²) in [5.41, 5.74) is 10.3. The second kappa shape index (κ2) is 19.7. The lowest BCUT2D eigenvalue weighted by Crippen LogP contribution is -2.47. The van der Waals surface area contributed by atoms with Gasteiger partial charge >= 0.3 is 5.97 Å². The van der Waals surface area contributed by atoms with E-state index >= 15 is 0 Å². The van der Waals surface area contributed by atoms with E-state index in [9.17, 15) is 19.5 Å². The molecule has 2 aliphatic heterocycles. The minimum atomic E-state index is -0.960. The zero-order valence-electron chi connectivity index (χ0n) is 37.2. The second-order valence-corrected chi connectivity index (χ2v) is 18.6. The molecule has 4 aromatic carbocycles. The molecule has 0 unspecified atom stereocenters. The SMILES string of the molecule is Cc1ccc(-c2sc3cc(O)ccc3c2Oc2ccc(OCCN3CCN(Cc4ccc(COc5cccc6c5CN([C@@H](CCC(=O)OC(C)(C)C)C(N)=O)C6=O)cn4)CC3)cc2)cc1. The summed E-state index contributed by atoms with van der Waals surface area (Å²) in [4.78, 5) is 50.2. The van der Waals surface area contributed by atoms with Crippen LogP contribution in [0, 0.1) is 6.92 Å². The van der Waals surface area contributed by atoms with E-state index in [1.54, 1.807) is 62.4 Å². The van der Waals surface area contributed by atoms with Crippen molar-refractivity contribution in [2.75, 3.05) is 39.3 Å². The molecule has 8 rings (SSSR count). The molecule has 0 saturated carbocycles. The smallest absolute Gasteiger partial charge is 0.306 e. The zero-order chi connectivity index (χ0) is 45.7. The second-order valence-electron chi connectivity index (χ2n) is 17.6. The summed E-state index contributed by atoms with van der Waals surface area (Å²) in [5.74, 6) is 1.58. The van der Waals surface area contributed by atoms with Crippen LogP contribution in [0.25, 0.3) is 20.5 Å². The maximum atomic E-state index is 13.4. The summed E-state index contributed by atoms with van der Waals surface area (Å²) >= 11 is 1.60. The van der Waals surface area contributed by atoms with Crippen LogP contribution in [0.3, 0.4) is 0 Å². The lowest BCUT2D eigenvalue weighted by Gasteiger charge is -2.34. The molecule has 1 saturated heterocycles. The third kappa shape index (κ3) is 11.3. The van der Waals surface area contributed by atoms with Crippen LogP contribution in [0.2, 0.25) is 0 Å². The van der Waals surface area contributed by atoms with Gasteiger partial charge in [-0.25, -0.2) is 0 Å². The van der Waals surface area contributed by atoms with Gasteiger partial charge in [-0.15, -0.1) is 11.3 Å². The fraction of sp³-hybridized carbons (Fsp3) is 0.333. The normalized spacial score (nSPS) is 14.9. The Morgan fingerprint density at radius 3 is 2.34 bits per heavy atom. The van der Waals surface area contributed by atoms with Crippen molar-refractivity contribution in [2.24, 2.45) is 5.73 Å². The van der Waals surface area contributed by atoms with Crippen molar-refractivity contribution in [3.8, 4) is 39.2 Å². The number of nitrogens with zero attached hydrogens (tertiary/aromatic N) is 4.